The molecule has 0 aliphatic rings. The standard InChI is InChI=1S/C10H12N4O/c1-11-8-3-4-9(10(7-8)15-2)14-6-5-12-13-14/h3-7,11H,1-2H3. The van der Waals surface area contributed by atoms with E-state index in [9.17, 15) is 0 Å². The molecular weight excluding hydrogens is 192 g/mol. The Morgan fingerprint density at radius 1 is 1.40 bits per heavy atom. The summed E-state index contributed by atoms with van der Waals surface area (Å²) in [6.07, 6.45) is 3.41. The van der Waals surface area contributed by atoms with Gasteiger partial charge in [0.2, 0.25) is 0 Å². The van der Waals surface area contributed by atoms with Gasteiger partial charge >= 0.3 is 0 Å². The highest BCUT2D eigenvalue weighted by Gasteiger charge is 2.06. The molecule has 2 rings (SSSR count). The molecule has 78 valence electrons. The topological polar surface area (TPSA) is 52.0 Å². The minimum atomic E-state index is 0.757. The first-order chi connectivity index (χ1) is 7.35. The Bertz CT molecular complexity index is 439. The predicted octanol–water partition coefficient (Wildman–Crippen LogP) is 1.32. The van der Waals surface area contributed by atoms with Crippen molar-refractivity contribution in [1.82, 2.24) is 15.0 Å². The maximum Gasteiger partial charge on any atom is 0.146 e. The minimum Gasteiger partial charge on any atom is -0.494 e. The quantitative estimate of drug-likeness (QED) is 0.819. The van der Waals surface area contributed by atoms with Gasteiger partial charge in [-0.15, -0.1) is 5.10 Å². The van der Waals surface area contributed by atoms with Crippen molar-refractivity contribution < 1.29 is 4.74 Å². The van der Waals surface area contributed by atoms with Crippen molar-refractivity contribution in [3.63, 3.8) is 0 Å². The van der Waals surface area contributed by atoms with Crippen molar-refractivity contribution in [3.05, 3.63) is 30.6 Å². The van der Waals surface area contributed by atoms with E-state index in [4.69, 9.17) is 4.74 Å². The highest BCUT2D eigenvalue weighted by atomic mass is 16.5. The molecule has 1 heterocycles. The van der Waals surface area contributed by atoms with Gasteiger partial charge in [-0.2, -0.15) is 0 Å². The SMILES string of the molecule is CNc1ccc(-n2ccnn2)c(OC)c1. The van der Waals surface area contributed by atoms with Gasteiger partial charge in [-0.3, -0.25) is 0 Å². The van der Waals surface area contributed by atoms with Crippen LogP contribution in [0.1, 0.15) is 0 Å². The van der Waals surface area contributed by atoms with Crippen LogP contribution in [0.3, 0.4) is 0 Å². The third-order valence-corrected chi connectivity index (χ3v) is 2.14. The molecule has 0 fully saturated rings. The van der Waals surface area contributed by atoms with E-state index < -0.39 is 0 Å². The molecule has 0 spiro atoms. The first-order valence-electron chi connectivity index (χ1n) is 4.57. The Kier molecular flexibility index (Phi) is 2.53. The summed E-state index contributed by atoms with van der Waals surface area (Å²) in [5, 5.41) is 10.7. The number of aromatic nitrogens is 3. The molecule has 0 bridgehead atoms. The fourth-order valence-corrected chi connectivity index (χ4v) is 1.36. The maximum absolute atomic E-state index is 5.28. The predicted molar refractivity (Wildman–Crippen MR) is 57.5 cm³/mol. The number of hydrogen-bond donors (Lipinski definition) is 1. The van der Waals surface area contributed by atoms with Crippen LogP contribution in [0.5, 0.6) is 5.75 Å². The summed E-state index contributed by atoms with van der Waals surface area (Å²) < 4.78 is 6.95. The number of anilines is 1. The first kappa shape index (κ1) is 9.51. The molecule has 0 aliphatic heterocycles. The number of benzene rings is 1. The molecule has 1 aromatic heterocycles. The molecule has 5 heteroatoms. The van der Waals surface area contributed by atoms with Crippen LogP contribution in [0.2, 0.25) is 0 Å². The van der Waals surface area contributed by atoms with Crippen molar-refractivity contribution in [3.8, 4) is 11.4 Å². The molecule has 0 aliphatic carbocycles. The van der Waals surface area contributed by atoms with Crippen molar-refractivity contribution in [2.45, 2.75) is 0 Å². The lowest BCUT2D eigenvalue weighted by molar-refractivity contribution is 0.411. The van der Waals surface area contributed by atoms with Crippen molar-refractivity contribution >= 4 is 5.69 Å². The molecule has 0 saturated carbocycles. The molecular formula is C10H12N4O. The summed E-state index contributed by atoms with van der Waals surface area (Å²) in [7, 11) is 3.50. The Balaban J connectivity index is 2.48. The van der Waals surface area contributed by atoms with E-state index in [2.05, 4.69) is 15.6 Å². The van der Waals surface area contributed by atoms with Crippen LogP contribution < -0.4 is 10.1 Å². The number of methoxy groups -OCH3 is 1. The van der Waals surface area contributed by atoms with Crippen LogP contribution in [0.25, 0.3) is 5.69 Å². The smallest absolute Gasteiger partial charge is 0.146 e. The average molecular weight is 204 g/mol. The zero-order valence-corrected chi connectivity index (χ0v) is 8.64. The number of nitrogens with one attached hydrogen (secondary N) is 1. The second-order valence-corrected chi connectivity index (χ2v) is 2.98. The third kappa shape index (κ3) is 1.76. The summed E-state index contributed by atoms with van der Waals surface area (Å²) in [5.41, 5.74) is 1.87. The summed E-state index contributed by atoms with van der Waals surface area (Å²) >= 11 is 0. The van der Waals surface area contributed by atoms with E-state index in [1.165, 1.54) is 0 Å². The van der Waals surface area contributed by atoms with Gasteiger partial charge in [0.05, 0.1) is 19.5 Å². The van der Waals surface area contributed by atoms with Gasteiger partial charge in [-0.25, -0.2) is 4.68 Å². The number of ether oxygens (including phenoxy) is 1. The van der Waals surface area contributed by atoms with Gasteiger partial charge < -0.3 is 10.1 Å². The second kappa shape index (κ2) is 4.00. The molecule has 0 radical (unpaired) electrons. The third-order valence-electron chi connectivity index (χ3n) is 2.14. The van der Waals surface area contributed by atoms with Crippen molar-refractivity contribution in [2.24, 2.45) is 0 Å². The molecule has 1 aromatic carbocycles. The molecule has 5 nitrogen and oxygen atoms in total. The average Bonchev–Trinajstić information content (AvgIpc) is 2.81. The minimum absolute atomic E-state index is 0.757. The van der Waals surface area contributed by atoms with E-state index in [1.54, 1.807) is 24.2 Å². The van der Waals surface area contributed by atoms with Gasteiger partial charge in [0, 0.05) is 18.8 Å². The molecule has 0 saturated heterocycles. The van der Waals surface area contributed by atoms with E-state index in [-0.39, 0.29) is 0 Å². The number of nitrogens with zero attached hydrogens (tertiary/aromatic N) is 3. The lowest BCUT2D eigenvalue weighted by Gasteiger charge is -2.09. The zero-order chi connectivity index (χ0) is 10.7. The van der Waals surface area contributed by atoms with Gasteiger partial charge in [-0.05, 0) is 12.1 Å². The van der Waals surface area contributed by atoms with Crippen LogP contribution in [0, 0.1) is 0 Å². The van der Waals surface area contributed by atoms with Crippen LogP contribution in [0.15, 0.2) is 30.6 Å². The lowest BCUT2D eigenvalue weighted by atomic mass is 10.2. The molecule has 0 atom stereocenters. The Hall–Kier alpha value is -2.04. The van der Waals surface area contributed by atoms with Gasteiger partial charge in [0.1, 0.15) is 11.4 Å². The summed E-state index contributed by atoms with van der Waals surface area (Å²) in [4.78, 5) is 0. The molecule has 15 heavy (non-hydrogen) atoms. The van der Waals surface area contributed by atoms with E-state index >= 15 is 0 Å². The molecule has 0 unspecified atom stereocenters. The highest BCUT2D eigenvalue weighted by molar-refractivity contribution is 5.57. The Labute approximate surface area is 87.7 Å². The van der Waals surface area contributed by atoms with E-state index in [1.807, 2.05) is 25.2 Å². The first-order valence-corrected chi connectivity index (χ1v) is 4.57. The molecule has 2 aromatic rings. The Morgan fingerprint density at radius 3 is 2.87 bits per heavy atom. The monoisotopic (exact) mass is 204 g/mol. The number of hydrogen-bond acceptors (Lipinski definition) is 4. The fourth-order valence-electron chi connectivity index (χ4n) is 1.36. The van der Waals surface area contributed by atoms with Crippen LogP contribution in [0.4, 0.5) is 5.69 Å². The van der Waals surface area contributed by atoms with Crippen LogP contribution in [-0.4, -0.2) is 29.2 Å². The largest absolute Gasteiger partial charge is 0.494 e. The molecule has 0 amide bonds. The molecule has 1 N–H and O–H groups in total. The normalized spacial score (nSPS) is 10.0. The van der Waals surface area contributed by atoms with Crippen molar-refractivity contribution in [1.29, 1.82) is 0 Å². The van der Waals surface area contributed by atoms with Gasteiger partial charge in [0.25, 0.3) is 0 Å². The highest BCUT2D eigenvalue weighted by Crippen LogP contribution is 2.25. The number of rotatable bonds is 3. The second-order valence-electron chi connectivity index (χ2n) is 2.98. The van der Waals surface area contributed by atoms with E-state index in [0.29, 0.717) is 0 Å². The summed E-state index contributed by atoms with van der Waals surface area (Å²) in [6, 6.07) is 5.80. The summed E-state index contributed by atoms with van der Waals surface area (Å²) in [6.45, 7) is 0. The van der Waals surface area contributed by atoms with Crippen LogP contribution in [-0.2, 0) is 0 Å². The maximum atomic E-state index is 5.28. The fraction of sp³-hybridized carbons (Fsp3) is 0.200. The summed E-state index contributed by atoms with van der Waals surface area (Å²) in [5.74, 6) is 0.757. The van der Waals surface area contributed by atoms with Gasteiger partial charge in [0.15, 0.2) is 0 Å². The van der Waals surface area contributed by atoms with E-state index in [0.717, 1.165) is 17.1 Å². The Morgan fingerprint density at radius 2 is 2.27 bits per heavy atom. The zero-order valence-electron chi connectivity index (χ0n) is 8.64. The van der Waals surface area contributed by atoms with Gasteiger partial charge in [-0.1, -0.05) is 5.21 Å². The van der Waals surface area contributed by atoms with Crippen molar-refractivity contribution in [2.75, 3.05) is 19.5 Å². The lowest BCUT2D eigenvalue weighted by Crippen LogP contribution is -2.00. The van der Waals surface area contributed by atoms with Crippen LogP contribution >= 0.6 is 0 Å².